The minimum atomic E-state index is -0.0423. The van der Waals surface area contributed by atoms with Crippen LogP contribution in [0.5, 0.6) is 0 Å². The summed E-state index contributed by atoms with van der Waals surface area (Å²) in [5.41, 5.74) is 0. The maximum atomic E-state index is 12.6. The summed E-state index contributed by atoms with van der Waals surface area (Å²) < 4.78 is 1.89. The average Bonchev–Trinajstić information content (AvgIpc) is 3.24. The van der Waals surface area contributed by atoms with E-state index in [1.807, 2.05) is 22.7 Å². The number of likely N-dealkylation sites (tertiary alicyclic amines) is 1. The van der Waals surface area contributed by atoms with Crippen molar-refractivity contribution in [3.63, 3.8) is 0 Å². The average molecular weight is 348 g/mol. The molecule has 7 nitrogen and oxygen atoms in total. The van der Waals surface area contributed by atoms with Gasteiger partial charge in [0.15, 0.2) is 5.82 Å². The van der Waals surface area contributed by atoms with Crippen molar-refractivity contribution in [2.45, 2.75) is 45.7 Å². The van der Waals surface area contributed by atoms with E-state index < -0.39 is 0 Å². The van der Waals surface area contributed by atoms with Crippen LogP contribution in [0.15, 0.2) is 12.5 Å². The first-order valence-electron chi connectivity index (χ1n) is 8.36. The minimum absolute atomic E-state index is 0.00969. The van der Waals surface area contributed by atoms with Gasteiger partial charge in [-0.1, -0.05) is 13.8 Å². The van der Waals surface area contributed by atoms with Crippen molar-refractivity contribution >= 4 is 17.4 Å². The molecule has 3 heterocycles. The number of nitrogens with zero attached hydrogens (tertiary/aromatic N) is 5. The van der Waals surface area contributed by atoms with Gasteiger partial charge in [0.2, 0.25) is 0 Å². The topological polar surface area (TPSA) is 75.9 Å². The highest BCUT2D eigenvalue weighted by molar-refractivity contribution is 7.11. The molecule has 1 atom stereocenters. The Morgan fingerprint density at radius 3 is 3.04 bits per heavy atom. The molecule has 0 spiro atoms. The van der Waals surface area contributed by atoms with Gasteiger partial charge in [-0.05, 0) is 18.8 Å². The normalized spacial score (nSPS) is 17.7. The molecule has 1 aliphatic rings. The fourth-order valence-electron chi connectivity index (χ4n) is 3.01. The summed E-state index contributed by atoms with van der Waals surface area (Å²) in [7, 11) is 1.91. The SMILES string of the molecule is CC(C)Cc1ncc(CNC(=O)N2CCCC2c2nncn2C)s1. The van der Waals surface area contributed by atoms with Crippen molar-refractivity contribution in [2.75, 3.05) is 6.54 Å². The molecule has 1 aliphatic heterocycles. The van der Waals surface area contributed by atoms with E-state index in [4.69, 9.17) is 0 Å². The lowest BCUT2D eigenvalue weighted by Crippen LogP contribution is -2.39. The van der Waals surface area contributed by atoms with E-state index in [1.165, 1.54) is 0 Å². The second kappa shape index (κ2) is 7.29. The molecule has 0 bridgehead atoms. The molecule has 2 aromatic rings. The molecule has 2 aromatic heterocycles. The van der Waals surface area contributed by atoms with E-state index in [2.05, 4.69) is 34.3 Å². The Morgan fingerprint density at radius 1 is 1.50 bits per heavy atom. The number of amides is 2. The summed E-state index contributed by atoms with van der Waals surface area (Å²) in [6.45, 7) is 5.65. The Morgan fingerprint density at radius 2 is 2.33 bits per heavy atom. The number of carbonyl (C=O) groups is 1. The predicted molar refractivity (Wildman–Crippen MR) is 92.6 cm³/mol. The highest BCUT2D eigenvalue weighted by Gasteiger charge is 2.32. The summed E-state index contributed by atoms with van der Waals surface area (Å²) in [5, 5.41) is 12.2. The Bertz CT molecular complexity index is 694. The van der Waals surface area contributed by atoms with E-state index in [9.17, 15) is 4.79 Å². The van der Waals surface area contributed by atoms with Gasteiger partial charge in [0.1, 0.15) is 6.33 Å². The number of hydrogen-bond acceptors (Lipinski definition) is 5. The van der Waals surface area contributed by atoms with Gasteiger partial charge < -0.3 is 14.8 Å². The number of aryl methyl sites for hydroxylation is 1. The number of rotatable bonds is 5. The first-order valence-corrected chi connectivity index (χ1v) is 9.18. The zero-order chi connectivity index (χ0) is 17.1. The molecule has 8 heteroatoms. The monoisotopic (exact) mass is 348 g/mol. The third-order valence-electron chi connectivity index (χ3n) is 4.16. The van der Waals surface area contributed by atoms with E-state index in [1.54, 1.807) is 17.7 Å². The molecule has 2 amide bonds. The van der Waals surface area contributed by atoms with Gasteiger partial charge in [0, 0.05) is 31.1 Å². The molecule has 1 N–H and O–H groups in total. The second-order valence-corrected chi connectivity index (χ2v) is 7.83. The van der Waals surface area contributed by atoms with Crippen LogP contribution in [0.1, 0.15) is 48.4 Å². The number of hydrogen-bond donors (Lipinski definition) is 1. The quantitative estimate of drug-likeness (QED) is 0.901. The maximum Gasteiger partial charge on any atom is 0.318 e. The van der Waals surface area contributed by atoms with Crippen molar-refractivity contribution in [1.29, 1.82) is 0 Å². The number of urea groups is 1. The molecule has 0 aromatic carbocycles. The molecule has 1 unspecified atom stereocenters. The number of aromatic nitrogens is 4. The second-order valence-electron chi connectivity index (χ2n) is 6.63. The number of thiazole rings is 1. The van der Waals surface area contributed by atoms with Gasteiger partial charge in [0.25, 0.3) is 0 Å². The third kappa shape index (κ3) is 3.75. The first-order chi connectivity index (χ1) is 11.5. The van der Waals surface area contributed by atoms with Crippen molar-refractivity contribution in [3.8, 4) is 0 Å². The summed E-state index contributed by atoms with van der Waals surface area (Å²) in [4.78, 5) is 19.9. The molecule has 0 saturated carbocycles. The van der Waals surface area contributed by atoms with E-state index >= 15 is 0 Å². The van der Waals surface area contributed by atoms with Gasteiger partial charge >= 0.3 is 6.03 Å². The van der Waals surface area contributed by atoms with Crippen LogP contribution in [0.3, 0.4) is 0 Å². The standard InChI is InChI=1S/C16H24N6OS/c1-11(2)7-14-17-8-12(24-14)9-18-16(23)22-6-4-5-13(22)15-20-19-10-21(15)3/h8,10-11,13H,4-7,9H2,1-3H3,(H,18,23). The maximum absolute atomic E-state index is 12.6. The molecule has 24 heavy (non-hydrogen) atoms. The fraction of sp³-hybridized carbons (Fsp3) is 0.625. The Labute approximate surface area is 146 Å². The molecule has 1 fully saturated rings. The van der Waals surface area contributed by atoms with Crippen LogP contribution in [0.4, 0.5) is 4.79 Å². The van der Waals surface area contributed by atoms with Gasteiger partial charge in [0.05, 0.1) is 17.6 Å². The smallest absolute Gasteiger partial charge is 0.318 e. The van der Waals surface area contributed by atoms with Crippen LogP contribution in [0.25, 0.3) is 0 Å². The van der Waals surface area contributed by atoms with E-state index in [-0.39, 0.29) is 12.1 Å². The molecular formula is C16H24N6OS. The largest absolute Gasteiger partial charge is 0.333 e. The zero-order valence-electron chi connectivity index (χ0n) is 14.4. The fourth-order valence-corrected chi connectivity index (χ4v) is 4.08. The van der Waals surface area contributed by atoms with Crippen LogP contribution in [0.2, 0.25) is 0 Å². The lowest BCUT2D eigenvalue weighted by Gasteiger charge is -2.24. The Hall–Kier alpha value is -1.96. The first kappa shape index (κ1) is 16.9. The van der Waals surface area contributed by atoms with Crippen molar-refractivity contribution in [2.24, 2.45) is 13.0 Å². The third-order valence-corrected chi connectivity index (χ3v) is 5.18. The zero-order valence-corrected chi connectivity index (χ0v) is 15.2. The molecule has 130 valence electrons. The highest BCUT2D eigenvalue weighted by atomic mass is 32.1. The summed E-state index contributed by atoms with van der Waals surface area (Å²) in [6, 6.07) is -0.0326. The molecular weight excluding hydrogens is 324 g/mol. The number of carbonyl (C=O) groups excluding carboxylic acids is 1. The van der Waals surface area contributed by atoms with Gasteiger partial charge in [-0.15, -0.1) is 21.5 Å². The van der Waals surface area contributed by atoms with Crippen molar-refractivity contribution in [1.82, 2.24) is 30.0 Å². The summed E-state index contributed by atoms with van der Waals surface area (Å²) in [6.07, 6.45) is 6.45. The minimum Gasteiger partial charge on any atom is -0.333 e. The lowest BCUT2D eigenvalue weighted by atomic mass is 10.1. The van der Waals surface area contributed by atoms with Crippen molar-refractivity contribution in [3.05, 3.63) is 28.2 Å². The van der Waals surface area contributed by atoms with E-state index in [0.29, 0.717) is 12.5 Å². The summed E-state index contributed by atoms with van der Waals surface area (Å²) in [5.74, 6) is 1.44. The Kier molecular flexibility index (Phi) is 5.13. The van der Waals surface area contributed by atoms with Crippen LogP contribution in [-0.2, 0) is 20.0 Å². The van der Waals surface area contributed by atoms with E-state index in [0.717, 1.165) is 41.5 Å². The summed E-state index contributed by atoms with van der Waals surface area (Å²) >= 11 is 1.68. The lowest BCUT2D eigenvalue weighted by molar-refractivity contribution is 0.189. The van der Waals surface area contributed by atoms with Crippen LogP contribution >= 0.6 is 11.3 Å². The van der Waals surface area contributed by atoms with Crippen LogP contribution in [0, 0.1) is 5.92 Å². The van der Waals surface area contributed by atoms with Crippen LogP contribution in [-0.4, -0.2) is 37.2 Å². The molecule has 3 rings (SSSR count). The van der Waals surface area contributed by atoms with Crippen LogP contribution < -0.4 is 5.32 Å². The van der Waals surface area contributed by atoms with Crippen molar-refractivity contribution < 1.29 is 4.79 Å². The molecule has 1 saturated heterocycles. The van der Waals surface area contributed by atoms with Gasteiger partial charge in [-0.2, -0.15) is 0 Å². The highest BCUT2D eigenvalue weighted by Crippen LogP contribution is 2.30. The molecule has 0 radical (unpaired) electrons. The van der Waals surface area contributed by atoms with Gasteiger partial charge in [-0.25, -0.2) is 9.78 Å². The Balaban J connectivity index is 1.58. The number of nitrogens with one attached hydrogen (secondary N) is 1. The van der Waals surface area contributed by atoms with Gasteiger partial charge in [-0.3, -0.25) is 0 Å². The predicted octanol–water partition coefficient (Wildman–Crippen LogP) is 2.52. The molecule has 0 aliphatic carbocycles.